The highest BCUT2D eigenvalue weighted by Crippen LogP contribution is 2.27. The van der Waals surface area contributed by atoms with E-state index in [1.54, 1.807) is 12.3 Å². The van der Waals surface area contributed by atoms with Crippen molar-refractivity contribution in [2.24, 2.45) is 0 Å². The predicted molar refractivity (Wildman–Crippen MR) is 62.6 cm³/mol. The quantitative estimate of drug-likeness (QED) is 0.602. The molecule has 76 valence electrons. The van der Waals surface area contributed by atoms with Crippen molar-refractivity contribution in [2.75, 3.05) is 0 Å². The van der Waals surface area contributed by atoms with Gasteiger partial charge in [-0.15, -0.1) is 0 Å². The molecule has 0 unspecified atom stereocenters. The van der Waals surface area contributed by atoms with Gasteiger partial charge in [-0.25, -0.2) is 9.97 Å². The Kier molecular flexibility index (Phi) is 3.46. The minimum absolute atomic E-state index is 0.252. The van der Waals surface area contributed by atoms with Crippen molar-refractivity contribution >= 4 is 35.0 Å². The summed E-state index contributed by atoms with van der Waals surface area (Å²) in [5, 5.41) is 1.76. The molecule has 0 aliphatic rings. The summed E-state index contributed by atoms with van der Waals surface area (Å²) < 4.78 is 0. The fraction of sp³-hybridized carbons (Fsp3) is 0. The third kappa shape index (κ3) is 3.09. The highest BCUT2D eigenvalue weighted by atomic mass is 35.5. The number of hydrogen-bond acceptors (Lipinski definition) is 3. The number of nitrogens with zero attached hydrogens (tertiary/aromatic N) is 2. The Hall–Kier alpha value is -0.770. The maximum atomic E-state index is 5.87. The number of halogens is 2. The largest absolute Gasteiger partial charge is 0.226 e. The Morgan fingerprint density at radius 3 is 2.73 bits per heavy atom. The number of hydrogen-bond donors (Lipinski definition) is 0. The van der Waals surface area contributed by atoms with E-state index in [4.69, 9.17) is 23.2 Å². The molecular weight excluding hydrogens is 251 g/mol. The molecule has 0 saturated carbocycles. The second kappa shape index (κ2) is 4.84. The van der Waals surface area contributed by atoms with Crippen LogP contribution in [-0.4, -0.2) is 9.97 Å². The average molecular weight is 257 g/mol. The molecule has 0 radical (unpaired) electrons. The van der Waals surface area contributed by atoms with Gasteiger partial charge in [-0.3, -0.25) is 0 Å². The summed E-state index contributed by atoms with van der Waals surface area (Å²) >= 11 is 13.0. The summed E-state index contributed by atoms with van der Waals surface area (Å²) in [5.74, 6) is 0. The van der Waals surface area contributed by atoms with Gasteiger partial charge >= 0.3 is 0 Å². The minimum atomic E-state index is 0.252. The molecular formula is C10H6Cl2N2S. The summed E-state index contributed by atoms with van der Waals surface area (Å²) in [6.45, 7) is 0. The zero-order chi connectivity index (χ0) is 10.7. The first kappa shape index (κ1) is 10.7. The summed E-state index contributed by atoms with van der Waals surface area (Å²) in [6, 6.07) is 9.37. The first-order valence-electron chi connectivity index (χ1n) is 4.16. The molecule has 2 nitrogen and oxygen atoms in total. The van der Waals surface area contributed by atoms with Crippen LogP contribution in [0.5, 0.6) is 0 Å². The Morgan fingerprint density at radius 1 is 1.13 bits per heavy atom. The number of benzene rings is 1. The molecule has 0 spiro atoms. The lowest BCUT2D eigenvalue weighted by Crippen LogP contribution is -1.83. The lowest BCUT2D eigenvalue weighted by Gasteiger charge is -2.00. The molecule has 1 heterocycles. The highest BCUT2D eigenvalue weighted by molar-refractivity contribution is 7.99. The summed E-state index contributed by atoms with van der Waals surface area (Å²) in [5.41, 5.74) is 0. The van der Waals surface area contributed by atoms with Crippen LogP contribution in [0.1, 0.15) is 0 Å². The van der Waals surface area contributed by atoms with Crippen LogP contribution in [0.4, 0.5) is 0 Å². The lowest BCUT2D eigenvalue weighted by atomic mass is 10.4. The van der Waals surface area contributed by atoms with Gasteiger partial charge in [0.25, 0.3) is 0 Å². The van der Waals surface area contributed by atoms with Crippen LogP contribution >= 0.6 is 35.0 Å². The van der Waals surface area contributed by atoms with Crippen molar-refractivity contribution in [3.63, 3.8) is 0 Å². The van der Waals surface area contributed by atoms with Crippen molar-refractivity contribution in [3.05, 3.63) is 46.8 Å². The molecule has 0 N–H and O–H groups in total. The van der Waals surface area contributed by atoms with Gasteiger partial charge in [-0.1, -0.05) is 29.4 Å². The van der Waals surface area contributed by atoms with E-state index < -0.39 is 0 Å². The normalized spacial score (nSPS) is 10.3. The fourth-order valence-corrected chi connectivity index (χ4v) is 2.32. The molecule has 0 saturated heterocycles. The van der Waals surface area contributed by atoms with Crippen LogP contribution in [0.3, 0.4) is 0 Å². The van der Waals surface area contributed by atoms with E-state index in [-0.39, 0.29) is 5.28 Å². The Labute approximate surface area is 102 Å². The molecule has 15 heavy (non-hydrogen) atoms. The maximum absolute atomic E-state index is 5.87. The van der Waals surface area contributed by atoms with Gasteiger partial charge < -0.3 is 0 Å². The second-order valence-corrected chi connectivity index (χ2v) is 4.59. The van der Waals surface area contributed by atoms with E-state index in [1.165, 1.54) is 11.8 Å². The third-order valence-corrected chi connectivity index (χ3v) is 2.96. The van der Waals surface area contributed by atoms with Gasteiger partial charge in [-0.2, -0.15) is 0 Å². The van der Waals surface area contributed by atoms with Gasteiger partial charge in [0.1, 0.15) is 5.03 Å². The molecule has 5 heteroatoms. The molecule has 0 fully saturated rings. The van der Waals surface area contributed by atoms with Crippen molar-refractivity contribution < 1.29 is 0 Å². The Morgan fingerprint density at radius 2 is 2.00 bits per heavy atom. The van der Waals surface area contributed by atoms with Gasteiger partial charge in [0.15, 0.2) is 0 Å². The monoisotopic (exact) mass is 256 g/mol. The molecule has 1 aromatic carbocycles. The first-order valence-corrected chi connectivity index (χ1v) is 5.73. The molecule has 0 bridgehead atoms. The van der Waals surface area contributed by atoms with E-state index in [0.29, 0.717) is 5.02 Å². The predicted octanol–water partition coefficient (Wildman–Crippen LogP) is 3.93. The lowest BCUT2D eigenvalue weighted by molar-refractivity contribution is 1.05. The second-order valence-electron chi connectivity index (χ2n) is 2.72. The van der Waals surface area contributed by atoms with Gasteiger partial charge in [-0.05, 0) is 35.9 Å². The molecule has 0 atom stereocenters. The smallest absolute Gasteiger partial charge is 0.223 e. The molecule has 2 rings (SSSR count). The fourth-order valence-electron chi connectivity index (χ4n) is 1.03. The summed E-state index contributed by atoms with van der Waals surface area (Å²) in [6.07, 6.45) is 1.63. The summed E-state index contributed by atoms with van der Waals surface area (Å²) in [7, 11) is 0. The van der Waals surface area contributed by atoms with Crippen molar-refractivity contribution in [2.45, 2.75) is 9.92 Å². The van der Waals surface area contributed by atoms with E-state index >= 15 is 0 Å². The van der Waals surface area contributed by atoms with Crippen LogP contribution < -0.4 is 0 Å². The van der Waals surface area contributed by atoms with E-state index in [2.05, 4.69) is 9.97 Å². The molecule has 0 aliphatic heterocycles. The minimum Gasteiger partial charge on any atom is -0.226 e. The standard InChI is InChI=1S/C10H6Cl2N2S/c11-7-2-1-3-8(6-7)15-9-4-5-13-10(12)14-9/h1-6H. The maximum Gasteiger partial charge on any atom is 0.223 e. The Balaban J connectivity index is 2.22. The number of aromatic nitrogens is 2. The van der Waals surface area contributed by atoms with Crippen molar-refractivity contribution in [1.29, 1.82) is 0 Å². The van der Waals surface area contributed by atoms with Crippen molar-refractivity contribution in [1.82, 2.24) is 9.97 Å². The van der Waals surface area contributed by atoms with Crippen molar-refractivity contribution in [3.8, 4) is 0 Å². The Bertz CT molecular complexity index is 433. The zero-order valence-corrected chi connectivity index (χ0v) is 9.85. The first-order chi connectivity index (χ1) is 7.24. The SMILES string of the molecule is Clc1cccc(Sc2ccnc(Cl)n2)c1. The molecule has 0 aliphatic carbocycles. The zero-order valence-electron chi connectivity index (χ0n) is 7.52. The molecule has 0 amide bonds. The number of rotatable bonds is 2. The molecule has 1 aromatic heterocycles. The van der Waals surface area contributed by atoms with Crippen LogP contribution in [0.15, 0.2) is 46.5 Å². The van der Waals surface area contributed by atoms with E-state index in [1.807, 2.05) is 24.3 Å². The highest BCUT2D eigenvalue weighted by Gasteiger charge is 2.00. The average Bonchev–Trinajstić information content (AvgIpc) is 2.17. The van der Waals surface area contributed by atoms with Crippen LogP contribution in [0, 0.1) is 0 Å². The van der Waals surface area contributed by atoms with E-state index in [0.717, 1.165) is 9.92 Å². The van der Waals surface area contributed by atoms with Crippen LogP contribution in [0.25, 0.3) is 0 Å². The van der Waals surface area contributed by atoms with Gasteiger partial charge in [0, 0.05) is 16.1 Å². The third-order valence-electron chi connectivity index (χ3n) is 1.62. The van der Waals surface area contributed by atoms with Gasteiger partial charge in [0.2, 0.25) is 5.28 Å². The van der Waals surface area contributed by atoms with Crippen LogP contribution in [0.2, 0.25) is 10.3 Å². The summed E-state index contributed by atoms with van der Waals surface area (Å²) in [4.78, 5) is 8.91. The van der Waals surface area contributed by atoms with Gasteiger partial charge in [0.05, 0.1) is 0 Å². The van der Waals surface area contributed by atoms with Crippen LogP contribution in [-0.2, 0) is 0 Å². The topological polar surface area (TPSA) is 25.8 Å². The van der Waals surface area contributed by atoms with E-state index in [9.17, 15) is 0 Å². The molecule has 2 aromatic rings.